The first-order valence-corrected chi connectivity index (χ1v) is 7.32. The fourth-order valence-corrected chi connectivity index (χ4v) is 3.15. The first-order chi connectivity index (χ1) is 8.99. The smallest absolute Gasteiger partial charge is 0.157 e. The third-order valence-corrected chi connectivity index (χ3v) is 4.31. The Morgan fingerprint density at radius 2 is 2.11 bits per heavy atom. The number of halogens is 1. The highest BCUT2D eigenvalue weighted by Gasteiger charge is 2.13. The van der Waals surface area contributed by atoms with E-state index >= 15 is 0 Å². The largest absolute Gasteiger partial charge is 0.373 e. The molecule has 0 aliphatic carbocycles. The molecule has 0 amide bonds. The van der Waals surface area contributed by atoms with Crippen molar-refractivity contribution in [1.29, 1.82) is 0 Å². The van der Waals surface area contributed by atoms with Gasteiger partial charge in [-0.3, -0.25) is 0 Å². The van der Waals surface area contributed by atoms with Crippen LogP contribution in [0.3, 0.4) is 0 Å². The van der Waals surface area contributed by atoms with Gasteiger partial charge in [0.1, 0.15) is 16.6 Å². The third-order valence-electron chi connectivity index (χ3n) is 2.94. The number of rotatable bonds is 5. The maximum Gasteiger partial charge on any atom is 0.157 e. The van der Waals surface area contributed by atoms with Crippen LogP contribution in [0.4, 0.5) is 0 Å². The molecular formula is C14H17ClN2OS. The number of aryl methyl sites for hydroxylation is 2. The van der Waals surface area contributed by atoms with Crippen molar-refractivity contribution in [1.82, 2.24) is 9.97 Å². The highest BCUT2D eigenvalue weighted by Crippen LogP contribution is 2.32. The molecule has 0 aromatic carbocycles. The van der Waals surface area contributed by atoms with Crippen molar-refractivity contribution in [2.45, 2.75) is 33.8 Å². The Morgan fingerprint density at radius 1 is 1.37 bits per heavy atom. The molecule has 5 heteroatoms. The van der Waals surface area contributed by atoms with E-state index in [0.717, 1.165) is 22.2 Å². The van der Waals surface area contributed by atoms with Gasteiger partial charge in [0.2, 0.25) is 0 Å². The molecular weight excluding hydrogens is 280 g/mol. The summed E-state index contributed by atoms with van der Waals surface area (Å²) in [5.74, 6) is 0.639. The molecule has 102 valence electrons. The predicted molar refractivity (Wildman–Crippen MR) is 81.0 cm³/mol. The molecule has 0 unspecified atom stereocenters. The third kappa shape index (κ3) is 3.32. The first kappa shape index (κ1) is 14.4. The van der Waals surface area contributed by atoms with Gasteiger partial charge in [0.15, 0.2) is 5.82 Å². The quantitative estimate of drug-likeness (QED) is 0.465. The molecule has 19 heavy (non-hydrogen) atoms. The second kappa shape index (κ2) is 5.99. The average molecular weight is 297 g/mol. The van der Waals surface area contributed by atoms with Gasteiger partial charge in [0.25, 0.3) is 0 Å². The predicted octanol–water partition coefficient (Wildman–Crippen LogP) is 4.44. The minimum atomic E-state index is 0.388. The van der Waals surface area contributed by atoms with E-state index in [1.165, 1.54) is 10.4 Å². The molecule has 0 spiro atoms. The zero-order valence-corrected chi connectivity index (χ0v) is 13.0. The second-order valence-electron chi connectivity index (χ2n) is 4.65. The lowest BCUT2D eigenvalue weighted by Gasteiger charge is -2.04. The SMILES string of the molecule is C=C(C)CCOCc1nc(Cl)c2c(C)c(C)sc2n1. The molecule has 0 aliphatic heterocycles. The summed E-state index contributed by atoms with van der Waals surface area (Å²) in [5.41, 5.74) is 2.28. The van der Waals surface area contributed by atoms with Crippen molar-refractivity contribution in [3.05, 3.63) is 33.6 Å². The van der Waals surface area contributed by atoms with E-state index in [0.29, 0.717) is 24.2 Å². The number of ether oxygens (including phenoxy) is 1. The molecule has 0 radical (unpaired) electrons. The van der Waals surface area contributed by atoms with Gasteiger partial charge in [-0.2, -0.15) is 0 Å². The lowest BCUT2D eigenvalue weighted by molar-refractivity contribution is 0.118. The van der Waals surface area contributed by atoms with Crippen LogP contribution in [0.25, 0.3) is 10.2 Å². The zero-order chi connectivity index (χ0) is 14.0. The molecule has 0 saturated carbocycles. The fourth-order valence-electron chi connectivity index (χ4n) is 1.72. The Balaban J connectivity index is 2.15. The van der Waals surface area contributed by atoms with E-state index in [2.05, 4.69) is 23.5 Å². The van der Waals surface area contributed by atoms with E-state index in [-0.39, 0.29) is 0 Å². The van der Waals surface area contributed by atoms with E-state index < -0.39 is 0 Å². The normalized spacial score (nSPS) is 11.2. The lowest BCUT2D eigenvalue weighted by Crippen LogP contribution is -2.01. The number of aromatic nitrogens is 2. The minimum absolute atomic E-state index is 0.388. The Bertz CT molecular complexity index is 621. The summed E-state index contributed by atoms with van der Waals surface area (Å²) in [4.78, 5) is 11.0. The minimum Gasteiger partial charge on any atom is -0.373 e. The number of thiophene rings is 1. The lowest BCUT2D eigenvalue weighted by atomic mass is 10.2. The van der Waals surface area contributed by atoms with Gasteiger partial charge in [-0.25, -0.2) is 9.97 Å². The monoisotopic (exact) mass is 296 g/mol. The van der Waals surface area contributed by atoms with Crippen molar-refractivity contribution in [3.8, 4) is 0 Å². The topological polar surface area (TPSA) is 35.0 Å². The summed E-state index contributed by atoms with van der Waals surface area (Å²) in [6, 6.07) is 0. The van der Waals surface area contributed by atoms with E-state index in [4.69, 9.17) is 16.3 Å². The zero-order valence-electron chi connectivity index (χ0n) is 11.4. The molecule has 0 atom stereocenters. The van der Waals surface area contributed by atoms with Gasteiger partial charge >= 0.3 is 0 Å². The average Bonchev–Trinajstić information content (AvgIpc) is 2.61. The van der Waals surface area contributed by atoms with Crippen LogP contribution in [0.5, 0.6) is 0 Å². The summed E-state index contributed by atoms with van der Waals surface area (Å²) in [7, 11) is 0. The van der Waals surface area contributed by atoms with Gasteiger partial charge in [0, 0.05) is 4.88 Å². The van der Waals surface area contributed by atoms with Gasteiger partial charge in [0.05, 0.1) is 12.0 Å². The molecule has 2 heterocycles. The van der Waals surface area contributed by atoms with Crippen molar-refractivity contribution in [2.75, 3.05) is 6.61 Å². The van der Waals surface area contributed by atoms with Crippen molar-refractivity contribution >= 4 is 33.2 Å². The maximum atomic E-state index is 6.23. The van der Waals surface area contributed by atoms with Crippen LogP contribution >= 0.6 is 22.9 Å². The highest BCUT2D eigenvalue weighted by atomic mass is 35.5. The van der Waals surface area contributed by atoms with E-state index in [1.807, 2.05) is 13.8 Å². The molecule has 0 aliphatic rings. The van der Waals surface area contributed by atoms with Crippen molar-refractivity contribution in [3.63, 3.8) is 0 Å². The highest BCUT2D eigenvalue weighted by molar-refractivity contribution is 7.18. The van der Waals surface area contributed by atoms with Crippen LogP contribution in [-0.4, -0.2) is 16.6 Å². The summed E-state index contributed by atoms with van der Waals surface area (Å²) >= 11 is 7.88. The number of hydrogen-bond acceptors (Lipinski definition) is 4. The van der Waals surface area contributed by atoms with Crippen LogP contribution in [0.1, 0.15) is 29.6 Å². The molecule has 2 aromatic rings. The van der Waals surface area contributed by atoms with Gasteiger partial charge in [-0.05, 0) is 32.8 Å². The summed E-state index contributed by atoms with van der Waals surface area (Å²) in [6.07, 6.45) is 0.854. The van der Waals surface area contributed by atoms with Crippen LogP contribution < -0.4 is 0 Å². The summed E-state index contributed by atoms with van der Waals surface area (Å²) < 4.78 is 5.53. The number of fused-ring (bicyclic) bond motifs is 1. The Morgan fingerprint density at radius 3 is 2.79 bits per heavy atom. The van der Waals surface area contributed by atoms with Gasteiger partial charge < -0.3 is 4.74 Å². The first-order valence-electron chi connectivity index (χ1n) is 6.13. The standard InChI is InChI=1S/C14H17ClN2OS/c1-8(2)5-6-18-7-11-16-13(15)12-9(3)10(4)19-14(12)17-11/h1,5-7H2,2-4H3. The van der Waals surface area contributed by atoms with Gasteiger partial charge in [-0.15, -0.1) is 17.9 Å². The maximum absolute atomic E-state index is 6.23. The Hall–Kier alpha value is -0.970. The van der Waals surface area contributed by atoms with Crippen LogP contribution in [0.15, 0.2) is 12.2 Å². The molecule has 2 rings (SSSR count). The molecule has 0 fully saturated rings. The van der Waals surface area contributed by atoms with Crippen molar-refractivity contribution in [2.24, 2.45) is 0 Å². The van der Waals surface area contributed by atoms with Gasteiger partial charge in [-0.1, -0.05) is 17.2 Å². The Labute approximate surface area is 122 Å². The summed E-state index contributed by atoms with van der Waals surface area (Å²) in [6.45, 7) is 11.0. The van der Waals surface area contributed by atoms with E-state index in [9.17, 15) is 0 Å². The van der Waals surface area contributed by atoms with E-state index in [1.54, 1.807) is 11.3 Å². The van der Waals surface area contributed by atoms with Crippen LogP contribution in [0.2, 0.25) is 5.15 Å². The Kier molecular flexibility index (Phi) is 4.55. The summed E-state index contributed by atoms with van der Waals surface area (Å²) in [5, 5.41) is 1.49. The second-order valence-corrected chi connectivity index (χ2v) is 6.21. The molecule has 3 nitrogen and oxygen atoms in total. The molecule has 2 aromatic heterocycles. The number of nitrogens with zero attached hydrogens (tertiary/aromatic N) is 2. The molecule has 0 bridgehead atoms. The molecule has 0 N–H and O–H groups in total. The molecule has 0 saturated heterocycles. The number of hydrogen-bond donors (Lipinski definition) is 0. The van der Waals surface area contributed by atoms with Crippen LogP contribution in [0, 0.1) is 13.8 Å². The fraction of sp³-hybridized carbons (Fsp3) is 0.429. The van der Waals surface area contributed by atoms with Crippen LogP contribution in [-0.2, 0) is 11.3 Å². The van der Waals surface area contributed by atoms with Crippen molar-refractivity contribution < 1.29 is 4.74 Å².